The second kappa shape index (κ2) is 7.21. The van der Waals surface area contributed by atoms with Gasteiger partial charge in [0.05, 0.1) is 24.2 Å². The smallest absolute Gasteiger partial charge is 0.360 e. The maximum absolute atomic E-state index is 12.4. The normalized spacial score (nSPS) is 11.0. The third kappa shape index (κ3) is 4.07. The fraction of sp³-hybridized carbons (Fsp3) is 0.214. The third-order valence-corrected chi connectivity index (χ3v) is 4.28. The van der Waals surface area contributed by atoms with Gasteiger partial charge in [0.1, 0.15) is 12.0 Å². The maximum Gasteiger partial charge on any atom is 0.360 e. The zero-order valence-corrected chi connectivity index (χ0v) is 14.1. The number of oxazole rings is 1. The Kier molecular flexibility index (Phi) is 5.27. The third-order valence-electron chi connectivity index (χ3n) is 2.96. The summed E-state index contributed by atoms with van der Waals surface area (Å²) in [5, 5.41) is 0. The van der Waals surface area contributed by atoms with Crippen molar-refractivity contribution in [3.8, 4) is 5.75 Å². The van der Waals surface area contributed by atoms with E-state index in [1.807, 2.05) is 4.72 Å². The van der Waals surface area contributed by atoms with Crippen LogP contribution in [0.25, 0.3) is 0 Å². The van der Waals surface area contributed by atoms with E-state index in [4.69, 9.17) is 19.6 Å². The first-order valence-electron chi connectivity index (χ1n) is 6.91. The zero-order chi connectivity index (χ0) is 18.6. The van der Waals surface area contributed by atoms with E-state index >= 15 is 0 Å². The van der Waals surface area contributed by atoms with Gasteiger partial charge in [-0.05, 0) is 25.1 Å². The zero-order valence-electron chi connectivity index (χ0n) is 13.3. The summed E-state index contributed by atoms with van der Waals surface area (Å²) >= 11 is 0. The number of nitrogens with two attached hydrogens (primary N) is 1. The number of amides is 1. The Hall–Kier alpha value is -3.08. The molecule has 0 aliphatic rings. The molecule has 25 heavy (non-hydrogen) atoms. The van der Waals surface area contributed by atoms with E-state index in [1.165, 1.54) is 19.2 Å². The van der Waals surface area contributed by atoms with Crippen molar-refractivity contribution in [1.82, 2.24) is 4.98 Å². The quantitative estimate of drug-likeness (QED) is 0.679. The van der Waals surface area contributed by atoms with Crippen molar-refractivity contribution in [3.05, 3.63) is 35.7 Å². The topological polar surface area (TPSA) is 151 Å². The molecule has 0 radical (unpaired) electrons. The SMILES string of the molecule is CCOC(=O)c1coc(NS(=O)(=O)c2ccc(OC)c(C(N)=O)c2)n1. The molecule has 2 rings (SSSR count). The Labute approximate surface area is 143 Å². The molecule has 1 aromatic heterocycles. The van der Waals surface area contributed by atoms with Crippen LogP contribution in [0.4, 0.5) is 6.01 Å². The van der Waals surface area contributed by atoms with Gasteiger partial charge >= 0.3 is 12.0 Å². The molecular formula is C14H15N3O7S. The molecule has 0 bridgehead atoms. The predicted molar refractivity (Wildman–Crippen MR) is 84.8 cm³/mol. The van der Waals surface area contributed by atoms with Crippen LogP contribution in [0.15, 0.2) is 33.8 Å². The molecule has 1 aromatic carbocycles. The fourth-order valence-corrected chi connectivity index (χ4v) is 2.80. The first kappa shape index (κ1) is 18.3. The van der Waals surface area contributed by atoms with Crippen LogP contribution >= 0.6 is 0 Å². The number of methoxy groups -OCH3 is 1. The van der Waals surface area contributed by atoms with Crippen LogP contribution in [0.1, 0.15) is 27.8 Å². The minimum absolute atomic E-state index is 0.106. The van der Waals surface area contributed by atoms with Gasteiger partial charge in [0, 0.05) is 0 Å². The minimum atomic E-state index is -4.14. The molecule has 0 spiro atoms. The van der Waals surface area contributed by atoms with Crippen LogP contribution in [-0.2, 0) is 14.8 Å². The molecule has 0 unspecified atom stereocenters. The number of nitrogens with one attached hydrogen (secondary N) is 1. The van der Waals surface area contributed by atoms with Gasteiger partial charge < -0.3 is 19.6 Å². The summed E-state index contributed by atoms with van der Waals surface area (Å²) in [6.45, 7) is 1.75. The number of carbonyl (C=O) groups excluding carboxylic acids is 2. The highest BCUT2D eigenvalue weighted by molar-refractivity contribution is 7.92. The molecule has 0 saturated carbocycles. The van der Waals surface area contributed by atoms with Gasteiger partial charge in [-0.3, -0.25) is 4.79 Å². The minimum Gasteiger partial charge on any atom is -0.496 e. The molecule has 10 nitrogen and oxygen atoms in total. The van der Waals surface area contributed by atoms with Crippen molar-refractivity contribution in [2.75, 3.05) is 18.4 Å². The Bertz CT molecular complexity index is 905. The Morgan fingerprint density at radius 3 is 2.68 bits per heavy atom. The summed E-state index contributed by atoms with van der Waals surface area (Å²) in [7, 11) is -2.82. The van der Waals surface area contributed by atoms with E-state index in [9.17, 15) is 18.0 Å². The average Bonchev–Trinajstić information content (AvgIpc) is 3.02. The number of anilines is 1. The molecule has 11 heteroatoms. The van der Waals surface area contributed by atoms with Gasteiger partial charge in [-0.2, -0.15) is 4.98 Å². The average molecular weight is 369 g/mol. The standard InChI is InChI=1S/C14H15N3O7S/c1-3-23-13(19)10-7-24-14(16-10)17-25(20,21)8-4-5-11(22-2)9(6-8)12(15)18/h4-7H,3H2,1-2H3,(H2,15,18)(H,16,17). The van der Waals surface area contributed by atoms with E-state index in [1.54, 1.807) is 6.92 Å². The number of hydrogen-bond donors (Lipinski definition) is 2. The lowest BCUT2D eigenvalue weighted by atomic mass is 10.2. The first-order valence-corrected chi connectivity index (χ1v) is 8.40. The Balaban J connectivity index is 2.29. The number of hydrogen-bond acceptors (Lipinski definition) is 8. The van der Waals surface area contributed by atoms with Crippen molar-refractivity contribution in [3.63, 3.8) is 0 Å². The summed E-state index contributed by atoms with van der Waals surface area (Å²) < 4.78 is 41.3. The van der Waals surface area contributed by atoms with Crippen LogP contribution in [-0.4, -0.2) is 39.0 Å². The highest BCUT2D eigenvalue weighted by atomic mass is 32.2. The van der Waals surface area contributed by atoms with Crippen LogP contribution < -0.4 is 15.2 Å². The van der Waals surface area contributed by atoms with Gasteiger partial charge in [-0.15, -0.1) is 0 Å². The van der Waals surface area contributed by atoms with E-state index in [2.05, 4.69) is 4.98 Å². The second-order valence-electron chi connectivity index (χ2n) is 4.59. The van der Waals surface area contributed by atoms with Gasteiger partial charge in [0.25, 0.3) is 15.9 Å². The summed E-state index contributed by atoms with van der Waals surface area (Å²) in [4.78, 5) is 26.3. The number of sulfonamides is 1. The van der Waals surface area contributed by atoms with Crippen molar-refractivity contribution in [1.29, 1.82) is 0 Å². The molecule has 3 N–H and O–H groups in total. The number of aromatic nitrogens is 1. The van der Waals surface area contributed by atoms with E-state index in [0.717, 1.165) is 12.3 Å². The maximum atomic E-state index is 12.4. The number of benzene rings is 1. The molecule has 0 atom stereocenters. The van der Waals surface area contributed by atoms with Crippen LogP contribution in [0.2, 0.25) is 0 Å². The summed E-state index contributed by atoms with van der Waals surface area (Å²) in [6.07, 6.45) is 0.957. The number of ether oxygens (including phenoxy) is 2. The largest absolute Gasteiger partial charge is 0.496 e. The molecule has 1 heterocycles. The van der Waals surface area contributed by atoms with Crippen molar-refractivity contribution in [2.45, 2.75) is 11.8 Å². The molecule has 2 aromatic rings. The molecule has 134 valence electrons. The molecule has 0 fully saturated rings. The lowest BCUT2D eigenvalue weighted by Gasteiger charge is -2.09. The predicted octanol–water partition coefficient (Wildman–Crippen LogP) is 0.760. The molecule has 0 saturated heterocycles. The fourth-order valence-electron chi connectivity index (χ4n) is 1.84. The van der Waals surface area contributed by atoms with Gasteiger partial charge in [-0.25, -0.2) is 17.9 Å². The summed E-state index contributed by atoms with van der Waals surface area (Å²) in [5.41, 5.74) is 4.91. The van der Waals surface area contributed by atoms with E-state index < -0.39 is 27.9 Å². The van der Waals surface area contributed by atoms with Crippen LogP contribution in [0, 0.1) is 0 Å². The first-order chi connectivity index (χ1) is 11.8. The Morgan fingerprint density at radius 2 is 2.08 bits per heavy atom. The van der Waals surface area contributed by atoms with Crippen molar-refractivity contribution >= 4 is 27.9 Å². The molecule has 0 aliphatic carbocycles. The van der Waals surface area contributed by atoms with Crippen LogP contribution in [0.3, 0.4) is 0 Å². The number of carbonyl (C=O) groups is 2. The molecular weight excluding hydrogens is 354 g/mol. The monoisotopic (exact) mass is 369 g/mol. The number of primary amides is 1. The van der Waals surface area contributed by atoms with E-state index in [0.29, 0.717) is 0 Å². The highest BCUT2D eigenvalue weighted by Gasteiger charge is 2.22. The van der Waals surface area contributed by atoms with Crippen molar-refractivity contribution < 1.29 is 31.9 Å². The Morgan fingerprint density at radius 1 is 1.36 bits per heavy atom. The lowest BCUT2D eigenvalue weighted by Crippen LogP contribution is -2.17. The van der Waals surface area contributed by atoms with E-state index in [-0.39, 0.29) is 28.5 Å². The molecule has 0 aliphatic heterocycles. The lowest BCUT2D eigenvalue weighted by molar-refractivity contribution is 0.0519. The summed E-state index contributed by atoms with van der Waals surface area (Å²) in [5.74, 6) is -1.47. The summed E-state index contributed by atoms with van der Waals surface area (Å²) in [6, 6.07) is 3.12. The number of nitrogens with zero attached hydrogens (tertiary/aromatic N) is 1. The number of rotatable bonds is 7. The van der Waals surface area contributed by atoms with Crippen molar-refractivity contribution in [2.24, 2.45) is 5.73 Å². The van der Waals surface area contributed by atoms with Gasteiger partial charge in [0.15, 0.2) is 5.69 Å². The highest BCUT2D eigenvalue weighted by Crippen LogP contribution is 2.23. The van der Waals surface area contributed by atoms with Gasteiger partial charge in [-0.1, -0.05) is 0 Å². The number of esters is 1. The van der Waals surface area contributed by atoms with Crippen LogP contribution in [0.5, 0.6) is 5.75 Å². The van der Waals surface area contributed by atoms with Gasteiger partial charge in [0.2, 0.25) is 0 Å². The molecule has 1 amide bonds. The second-order valence-corrected chi connectivity index (χ2v) is 6.27.